The summed E-state index contributed by atoms with van der Waals surface area (Å²) in [6.07, 6.45) is 1.26. The van der Waals surface area contributed by atoms with E-state index in [2.05, 4.69) is 4.98 Å². The minimum absolute atomic E-state index is 0.185. The fourth-order valence-corrected chi connectivity index (χ4v) is 3.13. The van der Waals surface area contributed by atoms with Gasteiger partial charge >= 0.3 is 0 Å². The number of fused-ring (bicyclic) bond motifs is 1. The van der Waals surface area contributed by atoms with Crippen LogP contribution in [0.3, 0.4) is 0 Å². The second kappa shape index (κ2) is 5.74. The molecule has 1 aromatic carbocycles. The monoisotopic (exact) mass is 314 g/mol. The molecule has 4 nitrogen and oxygen atoms in total. The molecule has 3 rings (SSSR count). The summed E-state index contributed by atoms with van der Waals surface area (Å²) < 4.78 is 13.4. The van der Waals surface area contributed by atoms with E-state index in [1.165, 1.54) is 12.1 Å². The van der Waals surface area contributed by atoms with Gasteiger partial charge in [0.15, 0.2) is 0 Å². The van der Waals surface area contributed by atoms with Crippen molar-refractivity contribution >= 4 is 12.1 Å². The lowest BCUT2D eigenvalue weighted by molar-refractivity contribution is -0.107. The van der Waals surface area contributed by atoms with Gasteiger partial charge in [-0.1, -0.05) is 26.0 Å². The molecule has 0 fully saturated rings. The second-order valence-corrected chi connectivity index (χ2v) is 6.54. The number of nitrogens with zero attached hydrogens (tertiary/aromatic N) is 2. The van der Waals surface area contributed by atoms with Crippen LogP contribution in [0.1, 0.15) is 36.4 Å². The van der Waals surface area contributed by atoms with Crippen LogP contribution in [0.15, 0.2) is 30.3 Å². The summed E-state index contributed by atoms with van der Waals surface area (Å²) in [6, 6.07) is 8.25. The topological polar surface area (TPSA) is 53.4 Å². The molecule has 5 heteroatoms. The highest BCUT2D eigenvalue weighted by Gasteiger charge is 2.37. The number of carbonyl (C=O) groups excluding carboxylic acids is 1. The predicted molar refractivity (Wildman–Crippen MR) is 85.8 cm³/mol. The van der Waals surface area contributed by atoms with Gasteiger partial charge in [-0.3, -0.25) is 9.78 Å². The summed E-state index contributed by atoms with van der Waals surface area (Å²) in [7, 11) is 0. The van der Waals surface area contributed by atoms with E-state index in [1.807, 2.05) is 26.0 Å². The zero-order chi connectivity index (χ0) is 16.6. The number of aromatic nitrogens is 1. The van der Waals surface area contributed by atoms with Gasteiger partial charge in [-0.05, 0) is 35.7 Å². The number of aliphatic hydroxyl groups excluding tert-OH is 1. The van der Waals surface area contributed by atoms with Crippen molar-refractivity contribution in [1.29, 1.82) is 0 Å². The van der Waals surface area contributed by atoms with Crippen LogP contribution in [0.5, 0.6) is 0 Å². The Hall–Kier alpha value is -2.27. The van der Waals surface area contributed by atoms with Gasteiger partial charge in [-0.2, -0.15) is 0 Å². The lowest BCUT2D eigenvalue weighted by atomic mass is 9.90. The fraction of sp³-hybridized carbons (Fsp3) is 0.333. The maximum absolute atomic E-state index is 13.4. The summed E-state index contributed by atoms with van der Waals surface area (Å²) in [4.78, 5) is 17.6. The van der Waals surface area contributed by atoms with E-state index >= 15 is 0 Å². The number of hydrogen-bond acceptors (Lipinski definition) is 3. The van der Waals surface area contributed by atoms with E-state index in [0.717, 1.165) is 28.9 Å². The van der Waals surface area contributed by atoms with Gasteiger partial charge in [0, 0.05) is 12.0 Å². The molecule has 0 atom stereocenters. The van der Waals surface area contributed by atoms with E-state index < -0.39 is 0 Å². The molecular formula is C18H19FN2O2. The van der Waals surface area contributed by atoms with Crippen LogP contribution in [0.25, 0.3) is 0 Å². The largest absolute Gasteiger partial charge is 0.390 e. The average molecular weight is 314 g/mol. The maximum atomic E-state index is 13.4. The Morgan fingerprint density at radius 1 is 1.39 bits per heavy atom. The molecule has 23 heavy (non-hydrogen) atoms. The first-order chi connectivity index (χ1) is 10.9. The summed E-state index contributed by atoms with van der Waals surface area (Å²) in [5.41, 5.74) is 3.52. The molecular weight excluding hydrogens is 295 g/mol. The van der Waals surface area contributed by atoms with Gasteiger partial charge in [0.2, 0.25) is 6.41 Å². The fourth-order valence-electron chi connectivity index (χ4n) is 3.13. The molecule has 2 aromatic rings. The number of hydrogen-bond donors (Lipinski definition) is 1. The molecule has 0 radical (unpaired) electrons. The summed E-state index contributed by atoms with van der Waals surface area (Å²) >= 11 is 0. The number of aliphatic hydroxyl groups is 1. The molecule has 1 aliphatic rings. The minimum atomic E-state index is -0.294. The summed E-state index contributed by atoms with van der Waals surface area (Å²) in [6.45, 7) is 4.42. The van der Waals surface area contributed by atoms with E-state index in [9.17, 15) is 14.3 Å². The summed E-state index contributed by atoms with van der Waals surface area (Å²) in [5.74, 6) is -0.294. The van der Waals surface area contributed by atoms with E-state index in [1.54, 1.807) is 11.0 Å². The van der Waals surface area contributed by atoms with Crippen LogP contribution in [-0.4, -0.2) is 23.0 Å². The van der Waals surface area contributed by atoms with Crippen molar-refractivity contribution in [2.75, 3.05) is 11.4 Å². The molecule has 0 bridgehead atoms. The van der Waals surface area contributed by atoms with Gasteiger partial charge in [0.25, 0.3) is 0 Å². The van der Waals surface area contributed by atoms with Crippen LogP contribution in [0.2, 0.25) is 0 Å². The molecule has 0 saturated heterocycles. The predicted octanol–water partition coefficient (Wildman–Crippen LogP) is 2.56. The minimum Gasteiger partial charge on any atom is -0.390 e. The molecule has 0 aliphatic carbocycles. The number of rotatable bonds is 4. The van der Waals surface area contributed by atoms with Crippen LogP contribution in [0, 0.1) is 5.82 Å². The SMILES string of the molecule is CC1(C)CN(C=O)c2cc(Cc3cccc(F)c3)c(CO)nc21. The Balaban J connectivity index is 2.06. The normalized spacial score (nSPS) is 15.6. The Morgan fingerprint density at radius 2 is 2.17 bits per heavy atom. The Labute approximate surface area is 134 Å². The molecule has 0 saturated carbocycles. The third kappa shape index (κ3) is 2.84. The Kier molecular flexibility index (Phi) is 3.90. The van der Waals surface area contributed by atoms with E-state index in [0.29, 0.717) is 18.7 Å². The molecule has 0 unspecified atom stereocenters. The molecule has 1 aliphatic heterocycles. The lowest BCUT2D eigenvalue weighted by Crippen LogP contribution is -2.27. The standard InChI is InChI=1S/C18H19FN2O2/c1-18(2)10-21(11-23)16-8-13(15(9-22)20-17(16)18)6-12-4-3-5-14(19)7-12/h3-5,7-8,11,22H,6,9-10H2,1-2H3. The Bertz CT molecular complexity index is 759. The summed E-state index contributed by atoms with van der Waals surface area (Å²) in [5, 5.41) is 9.66. The smallest absolute Gasteiger partial charge is 0.214 e. The van der Waals surface area contributed by atoms with Gasteiger partial charge in [0.1, 0.15) is 5.82 Å². The van der Waals surface area contributed by atoms with Crippen LogP contribution < -0.4 is 4.90 Å². The molecule has 2 heterocycles. The molecule has 0 spiro atoms. The average Bonchev–Trinajstić information content (AvgIpc) is 2.77. The van der Waals surface area contributed by atoms with Gasteiger partial charge in [0.05, 0.1) is 23.7 Å². The number of halogens is 1. The molecule has 120 valence electrons. The first-order valence-electron chi connectivity index (χ1n) is 7.55. The molecule has 1 amide bonds. The number of carbonyl (C=O) groups is 1. The van der Waals surface area contributed by atoms with Gasteiger partial charge in [-0.15, -0.1) is 0 Å². The lowest BCUT2D eigenvalue weighted by Gasteiger charge is -2.17. The van der Waals surface area contributed by atoms with Crippen LogP contribution in [0.4, 0.5) is 10.1 Å². The van der Waals surface area contributed by atoms with Crippen molar-refractivity contribution in [2.45, 2.75) is 32.3 Å². The van der Waals surface area contributed by atoms with Crippen molar-refractivity contribution in [1.82, 2.24) is 4.98 Å². The third-order valence-corrected chi connectivity index (χ3v) is 4.25. The first-order valence-corrected chi connectivity index (χ1v) is 7.55. The van der Waals surface area contributed by atoms with Crippen LogP contribution >= 0.6 is 0 Å². The molecule has 1 aromatic heterocycles. The maximum Gasteiger partial charge on any atom is 0.214 e. The van der Waals surface area contributed by atoms with E-state index in [-0.39, 0.29) is 17.8 Å². The van der Waals surface area contributed by atoms with Crippen molar-refractivity contribution in [3.05, 3.63) is 58.7 Å². The van der Waals surface area contributed by atoms with Gasteiger partial charge < -0.3 is 10.0 Å². The first kappa shape index (κ1) is 15.6. The van der Waals surface area contributed by atoms with Crippen molar-refractivity contribution in [2.24, 2.45) is 0 Å². The zero-order valence-corrected chi connectivity index (χ0v) is 13.2. The highest BCUT2D eigenvalue weighted by molar-refractivity contribution is 5.81. The Morgan fingerprint density at radius 3 is 2.83 bits per heavy atom. The quantitative estimate of drug-likeness (QED) is 0.883. The van der Waals surface area contributed by atoms with Crippen molar-refractivity contribution < 1.29 is 14.3 Å². The highest BCUT2D eigenvalue weighted by Crippen LogP contribution is 2.39. The van der Waals surface area contributed by atoms with Crippen LogP contribution in [-0.2, 0) is 23.2 Å². The number of amides is 1. The number of benzene rings is 1. The van der Waals surface area contributed by atoms with Crippen molar-refractivity contribution in [3.63, 3.8) is 0 Å². The second-order valence-electron chi connectivity index (χ2n) is 6.54. The van der Waals surface area contributed by atoms with Gasteiger partial charge in [-0.25, -0.2) is 4.39 Å². The molecule has 1 N–H and O–H groups in total. The zero-order valence-electron chi connectivity index (χ0n) is 13.2. The van der Waals surface area contributed by atoms with E-state index in [4.69, 9.17) is 0 Å². The van der Waals surface area contributed by atoms with Crippen molar-refractivity contribution in [3.8, 4) is 0 Å². The number of anilines is 1. The number of pyridine rings is 1. The third-order valence-electron chi connectivity index (χ3n) is 4.25. The highest BCUT2D eigenvalue weighted by atomic mass is 19.1.